The van der Waals surface area contributed by atoms with Gasteiger partial charge in [-0.15, -0.1) is 0 Å². The molecule has 0 aliphatic carbocycles. The smallest absolute Gasteiger partial charge is 0.251 e. The lowest BCUT2D eigenvalue weighted by atomic mass is 10.1. The molecule has 0 fully saturated rings. The van der Waals surface area contributed by atoms with Crippen molar-refractivity contribution in [3.05, 3.63) is 71.5 Å². The molecule has 0 unspecified atom stereocenters. The molecule has 0 saturated carbocycles. The van der Waals surface area contributed by atoms with Crippen LogP contribution in [0.25, 0.3) is 21.7 Å². The zero-order valence-corrected chi connectivity index (χ0v) is 15.7. The summed E-state index contributed by atoms with van der Waals surface area (Å²) in [7, 11) is 0. The number of hydrogen-bond donors (Lipinski definition) is 3. The monoisotopic (exact) mass is 391 g/mol. The summed E-state index contributed by atoms with van der Waals surface area (Å²) in [6.45, 7) is 0.815. The molecule has 6 nitrogen and oxygen atoms in total. The van der Waals surface area contributed by atoms with Crippen LogP contribution in [0.4, 0.5) is 11.5 Å². The third-order valence-electron chi connectivity index (χ3n) is 4.38. The van der Waals surface area contributed by atoms with Crippen molar-refractivity contribution in [2.75, 3.05) is 18.4 Å². The molecule has 1 amide bonds. The van der Waals surface area contributed by atoms with E-state index in [2.05, 4.69) is 15.6 Å². The van der Waals surface area contributed by atoms with Crippen LogP contribution in [0.15, 0.2) is 60.9 Å². The van der Waals surface area contributed by atoms with Crippen LogP contribution in [-0.4, -0.2) is 29.0 Å². The van der Waals surface area contributed by atoms with Crippen molar-refractivity contribution in [3.63, 3.8) is 0 Å². The first-order valence-corrected chi connectivity index (χ1v) is 9.22. The largest absolute Gasteiger partial charge is 0.351 e. The minimum absolute atomic E-state index is 0.176. The lowest BCUT2D eigenvalue weighted by molar-refractivity contribution is 0.0955. The molecule has 2 aromatic carbocycles. The Kier molecular flexibility index (Phi) is 5.06. The fourth-order valence-electron chi connectivity index (χ4n) is 3.08. The van der Waals surface area contributed by atoms with Gasteiger partial charge in [-0.2, -0.15) is 0 Å². The number of halogens is 1. The molecule has 4 rings (SSSR count). The first kappa shape index (κ1) is 18.2. The standard InChI is InChI=1S/C21H18ClN5O/c22-14-2-1-3-15(11-14)26-20-17-6-8-24-12-18(17)16-5-4-13(10-19(16)27-20)21(28)25-9-7-23/h1-6,8,10-12H,7,9,23H2,(H,25,28)(H,26,27). The van der Waals surface area contributed by atoms with E-state index in [4.69, 9.17) is 22.3 Å². The number of carbonyl (C=O) groups excluding carboxylic acids is 1. The molecule has 0 spiro atoms. The molecule has 4 aromatic rings. The molecule has 0 atom stereocenters. The molecule has 0 radical (unpaired) electrons. The predicted octanol–water partition coefficient (Wildman–Crippen LogP) is 3.87. The highest BCUT2D eigenvalue weighted by Gasteiger charge is 2.12. The van der Waals surface area contributed by atoms with Crippen LogP contribution < -0.4 is 16.4 Å². The maximum Gasteiger partial charge on any atom is 0.251 e. The zero-order valence-electron chi connectivity index (χ0n) is 14.9. The van der Waals surface area contributed by atoms with Crippen molar-refractivity contribution in [2.24, 2.45) is 5.73 Å². The number of hydrogen-bond acceptors (Lipinski definition) is 5. The quantitative estimate of drug-likeness (QED) is 0.449. The highest BCUT2D eigenvalue weighted by Crippen LogP contribution is 2.31. The van der Waals surface area contributed by atoms with Crippen LogP contribution in [0, 0.1) is 0 Å². The Morgan fingerprint density at radius 2 is 1.96 bits per heavy atom. The fraction of sp³-hybridized carbons (Fsp3) is 0.0952. The third-order valence-corrected chi connectivity index (χ3v) is 4.61. The molecular weight excluding hydrogens is 374 g/mol. The summed E-state index contributed by atoms with van der Waals surface area (Å²) in [4.78, 5) is 21.3. The molecule has 0 aliphatic heterocycles. The lowest BCUT2D eigenvalue weighted by Crippen LogP contribution is -2.28. The highest BCUT2D eigenvalue weighted by atomic mass is 35.5. The number of rotatable bonds is 5. The normalized spacial score (nSPS) is 10.9. The van der Waals surface area contributed by atoms with Gasteiger partial charge < -0.3 is 16.4 Å². The molecule has 0 saturated heterocycles. The predicted molar refractivity (Wildman–Crippen MR) is 113 cm³/mol. The molecule has 28 heavy (non-hydrogen) atoms. The molecule has 140 valence electrons. The minimum atomic E-state index is -0.176. The van der Waals surface area contributed by atoms with Crippen molar-refractivity contribution in [1.82, 2.24) is 15.3 Å². The van der Waals surface area contributed by atoms with E-state index in [1.165, 1.54) is 0 Å². The van der Waals surface area contributed by atoms with Gasteiger partial charge in [-0.1, -0.05) is 23.7 Å². The summed E-state index contributed by atoms with van der Waals surface area (Å²) >= 11 is 6.10. The van der Waals surface area contributed by atoms with Gasteiger partial charge >= 0.3 is 0 Å². The van der Waals surface area contributed by atoms with Crippen molar-refractivity contribution in [3.8, 4) is 0 Å². The van der Waals surface area contributed by atoms with Gasteiger partial charge in [0.15, 0.2) is 0 Å². The number of nitrogens with zero attached hydrogens (tertiary/aromatic N) is 2. The maximum absolute atomic E-state index is 12.3. The molecule has 2 heterocycles. The van der Waals surface area contributed by atoms with E-state index < -0.39 is 0 Å². The number of nitrogens with two attached hydrogens (primary N) is 1. The van der Waals surface area contributed by atoms with E-state index in [0.29, 0.717) is 35.0 Å². The first-order valence-electron chi connectivity index (χ1n) is 8.84. The van der Waals surface area contributed by atoms with Gasteiger partial charge in [0.25, 0.3) is 5.91 Å². The van der Waals surface area contributed by atoms with E-state index in [1.807, 2.05) is 36.4 Å². The Balaban J connectivity index is 1.84. The van der Waals surface area contributed by atoms with Gasteiger partial charge in [-0.3, -0.25) is 9.78 Å². The van der Waals surface area contributed by atoms with Crippen LogP contribution in [0.1, 0.15) is 10.4 Å². The Bertz CT molecular complexity index is 1180. The van der Waals surface area contributed by atoms with Crippen LogP contribution in [0.5, 0.6) is 0 Å². The molecular formula is C21H18ClN5O. The van der Waals surface area contributed by atoms with E-state index in [-0.39, 0.29) is 5.91 Å². The summed E-state index contributed by atoms with van der Waals surface area (Å²) in [6.07, 6.45) is 3.53. The average molecular weight is 392 g/mol. The van der Waals surface area contributed by atoms with Gasteiger partial charge in [-0.25, -0.2) is 4.98 Å². The van der Waals surface area contributed by atoms with Gasteiger partial charge in [0.05, 0.1) is 5.52 Å². The Morgan fingerprint density at radius 3 is 2.79 bits per heavy atom. The second-order valence-electron chi connectivity index (χ2n) is 6.29. The number of benzene rings is 2. The average Bonchev–Trinajstić information content (AvgIpc) is 2.72. The van der Waals surface area contributed by atoms with Crippen molar-refractivity contribution >= 4 is 50.7 Å². The van der Waals surface area contributed by atoms with Crippen molar-refractivity contribution < 1.29 is 4.79 Å². The number of nitrogens with one attached hydrogen (secondary N) is 2. The van der Waals surface area contributed by atoms with E-state index in [9.17, 15) is 4.79 Å². The van der Waals surface area contributed by atoms with Crippen LogP contribution >= 0.6 is 11.6 Å². The van der Waals surface area contributed by atoms with Crippen LogP contribution in [0.2, 0.25) is 5.02 Å². The Morgan fingerprint density at radius 1 is 1.07 bits per heavy atom. The molecule has 2 aromatic heterocycles. The second-order valence-corrected chi connectivity index (χ2v) is 6.73. The summed E-state index contributed by atoms with van der Waals surface area (Å²) in [6, 6.07) is 14.8. The van der Waals surface area contributed by atoms with Gasteiger partial charge in [0, 0.05) is 57.9 Å². The number of pyridine rings is 2. The lowest BCUT2D eigenvalue weighted by Gasteiger charge is -2.12. The summed E-state index contributed by atoms with van der Waals surface area (Å²) in [5, 5.41) is 9.54. The third kappa shape index (κ3) is 3.60. The van der Waals surface area contributed by atoms with E-state index >= 15 is 0 Å². The van der Waals surface area contributed by atoms with Gasteiger partial charge in [0.2, 0.25) is 0 Å². The molecule has 4 N–H and O–H groups in total. The zero-order chi connectivity index (χ0) is 19.5. The maximum atomic E-state index is 12.3. The van der Waals surface area contributed by atoms with E-state index in [1.54, 1.807) is 24.5 Å². The molecule has 7 heteroatoms. The number of aromatic nitrogens is 2. The summed E-state index contributed by atoms with van der Waals surface area (Å²) in [5.41, 5.74) is 7.52. The number of amides is 1. The van der Waals surface area contributed by atoms with Crippen molar-refractivity contribution in [1.29, 1.82) is 0 Å². The molecule has 0 aliphatic rings. The second kappa shape index (κ2) is 7.80. The van der Waals surface area contributed by atoms with Crippen molar-refractivity contribution in [2.45, 2.75) is 0 Å². The van der Waals surface area contributed by atoms with Crippen LogP contribution in [0.3, 0.4) is 0 Å². The minimum Gasteiger partial charge on any atom is -0.351 e. The molecule has 0 bridgehead atoms. The Labute approximate surface area is 166 Å². The number of fused-ring (bicyclic) bond motifs is 3. The topological polar surface area (TPSA) is 92.9 Å². The number of anilines is 2. The van der Waals surface area contributed by atoms with Gasteiger partial charge in [0.1, 0.15) is 5.82 Å². The first-order chi connectivity index (χ1) is 13.7. The SMILES string of the molecule is NCCNC(=O)c1ccc2c(c1)nc(Nc1cccc(Cl)c1)c1ccncc12. The van der Waals surface area contributed by atoms with Crippen LogP contribution in [-0.2, 0) is 0 Å². The van der Waals surface area contributed by atoms with E-state index in [0.717, 1.165) is 21.8 Å². The number of carbonyl (C=O) groups is 1. The fourth-order valence-corrected chi connectivity index (χ4v) is 3.27. The summed E-state index contributed by atoms with van der Waals surface area (Å²) < 4.78 is 0. The Hall–Kier alpha value is -3.22. The summed E-state index contributed by atoms with van der Waals surface area (Å²) in [5.74, 6) is 0.497. The highest BCUT2D eigenvalue weighted by molar-refractivity contribution is 6.30. The van der Waals surface area contributed by atoms with Gasteiger partial charge in [-0.05, 0) is 36.4 Å².